The van der Waals surface area contributed by atoms with Crippen LogP contribution in [-0.4, -0.2) is 40.3 Å². The quantitative estimate of drug-likeness (QED) is 0.842. The third-order valence-corrected chi connectivity index (χ3v) is 4.07. The van der Waals surface area contributed by atoms with Gasteiger partial charge in [-0.1, -0.05) is 12.1 Å². The van der Waals surface area contributed by atoms with Crippen molar-refractivity contribution >= 4 is 11.6 Å². The van der Waals surface area contributed by atoms with Crippen LogP contribution in [0, 0.1) is 0 Å². The number of hydrogen-bond donors (Lipinski definition) is 1. The first-order valence-corrected chi connectivity index (χ1v) is 7.36. The normalized spacial score (nSPS) is 15.9. The lowest BCUT2D eigenvalue weighted by Gasteiger charge is -2.31. The number of rotatable bonds is 5. The molecule has 1 amide bonds. The molecule has 1 aliphatic heterocycles. The Morgan fingerprint density at radius 1 is 1.10 bits per heavy atom. The largest absolute Gasteiger partial charge is 0.372 e. The first kappa shape index (κ1) is 15.8. The van der Waals surface area contributed by atoms with E-state index in [4.69, 9.17) is 9.47 Å². The highest BCUT2D eigenvalue weighted by atomic mass is 16.7. The van der Waals surface area contributed by atoms with Crippen LogP contribution in [0.4, 0.5) is 5.69 Å². The van der Waals surface area contributed by atoms with E-state index in [0.717, 1.165) is 13.1 Å². The number of nitrogens with one attached hydrogen (secondary N) is 1. The van der Waals surface area contributed by atoms with Crippen LogP contribution in [0.25, 0.3) is 0 Å². The Bertz CT molecular complexity index is 463. The van der Waals surface area contributed by atoms with E-state index in [9.17, 15) is 4.79 Å². The van der Waals surface area contributed by atoms with Gasteiger partial charge in [-0.3, -0.25) is 4.79 Å². The Labute approximate surface area is 126 Å². The van der Waals surface area contributed by atoms with Gasteiger partial charge in [0.2, 0.25) is 0 Å². The van der Waals surface area contributed by atoms with E-state index in [1.54, 1.807) is 7.05 Å². The van der Waals surface area contributed by atoms with Gasteiger partial charge in [-0.25, -0.2) is 0 Å². The molecule has 5 nitrogen and oxygen atoms in total. The van der Waals surface area contributed by atoms with Gasteiger partial charge in [-0.05, 0) is 31.4 Å². The molecule has 0 aromatic heterocycles. The van der Waals surface area contributed by atoms with Crippen LogP contribution < -0.4 is 10.2 Å². The van der Waals surface area contributed by atoms with E-state index in [1.165, 1.54) is 39.2 Å². The number of benzene rings is 1. The molecule has 1 aromatic rings. The lowest BCUT2D eigenvalue weighted by atomic mass is 10.0. The molecule has 1 fully saturated rings. The maximum Gasteiger partial charge on any atom is 0.285 e. The first-order chi connectivity index (χ1) is 10.2. The van der Waals surface area contributed by atoms with Gasteiger partial charge in [0.15, 0.2) is 0 Å². The molecule has 1 N–H and O–H groups in total. The molecule has 0 spiro atoms. The molecule has 0 unspecified atom stereocenters. The van der Waals surface area contributed by atoms with Crippen LogP contribution in [0.1, 0.15) is 24.8 Å². The van der Waals surface area contributed by atoms with E-state index in [-0.39, 0.29) is 5.91 Å². The second-order valence-corrected chi connectivity index (χ2v) is 5.20. The molecule has 1 saturated heterocycles. The maximum atomic E-state index is 12.1. The second-order valence-electron chi connectivity index (χ2n) is 5.20. The summed E-state index contributed by atoms with van der Waals surface area (Å²) in [6.07, 6.45) is 3.78. The third-order valence-electron chi connectivity index (χ3n) is 4.07. The molecule has 5 heteroatoms. The third kappa shape index (κ3) is 3.04. The molecule has 0 atom stereocenters. The van der Waals surface area contributed by atoms with Crippen molar-refractivity contribution in [3.8, 4) is 0 Å². The van der Waals surface area contributed by atoms with E-state index in [1.807, 2.05) is 24.3 Å². The molecule has 1 aliphatic rings. The number of likely N-dealkylation sites (N-methyl/N-ethyl adjacent to an activating group) is 1. The van der Waals surface area contributed by atoms with Gasteiger partial charge in [-0.2, -0.15) is 0 Å². The zero-order chi connectivity index (χ0) is 15.3. The van der Waals surface area contributed by atoms with Gasteiger partial charge >= 0.3 is 0 Å². The monoisotopic (exact) mass is 292 g/mol. The SMILES string of the molecule is CNC(=O)C(OC)(OC)c1ccc(N2CCCCC2)cc1. The Kier molecular flexibility index (Phi) is 5.20. The van der Waals surface area contributed by atoms with Crippen molar-refractivity contribution in [2.75, 3.05) is 39.3 Å². The van der Waals surface area contributed by atoms with Crippen molar-refractivity contribution in [1.29, 1.82) is 0 Å². The lowest BCUT2D eigenvalue weighted by Crippen LogP contribution is -2.46. The predicted molar refractivity (Wildman–Crippen MR) is 82.3 cm³/mol. The van der Waals surface area contributed by atoms with Gasteiger partial charge in [0.05, 0.1) is 0 Å². The van der Waals surface area contributed by atoms with Crippen LogP contribution in [-0.2, 0) is 20.1 Å². The zero-order valence-electron chi connectivity index (χ0n) is 13.0. The van der Waals surface area contributed by atoms with Crippen LogP contribution in [0.15, 0.2) is 24.3 Å². The maximum absolute atomic E-state index is 12.1. The highest BCUT2D eigenvalue weighted by Crippen LogP contribution is 2.29. The number of carbonyl (C=O) groups is 1. The van der Waals surface area contributed by atoms with Crippen molar-refractivity contribution in [2.45, 2.75) is 25.0 Å². The van der Waals surface area contributed by atoms with E-state index < -0.39 is 5.79 Å². The minimum absolute atomic E-state index is 0.321. The minimum Gasteiger partial charge on any atom is -0.372 e. The lowest BCUT2D eigenvalue weighted by molar-refractivity contribution is -0.215. The molecular weight excluding hydrogens is 268 g/mol. The van der Waals surface area contributed by atoms with Crippen molar-refractivity contribution < 1.29 is 14.3 Å². The van der Waals surface area contributed by atoms with E-state index in [2.05, 4.69) is 10.2 Å². The fraction of sp³-hybridized carbons (Fsp3) is 0.562. The number of methoxy groups -OCH3 is 2. The molecule has 0 saturated carbocycles. The molecule has 1 aromatic carbocycles. The number of piperidine rings is 1. The summed E-state index contributed by atoms with van der Waals surface area (Å²) in [4.78, 5) is 14.5. The van der Waals surface area contributed by atoms with Gasteiger partial charge < -0.3 is 19.7 Å². The van der Waals surface area contributed by atoms with Gasteiger partial charge in [0, 0.05) is 45.6 Å². The summed E-state index contributed by atoms with van der Waals surface area (Å²) in [5, 5.41) is 2.58. The molecule has 0 radical (unpaired) electrons. The summed E-state index contributed by atoms with van der Waals surface area (Å²) in [6, 6.07) is 7.84. The predicted octanol–water partition coefficient (Wildman–Crippen LogP) is 1.87. The smallest absolute Gasteiger partial charge is 0.285 e. The molecule has 0 bridgehead atoms. The van der Waals surface area contributed by atoms with Crippen LogP contribution in [0.2, 0.25) is 0 Å². The first-order valence-electron chi connectivity index (χ1n) is 7.36. The molecule has 116 valence electrons. The fourth-order valence-electron chi connectivity index (χ4n) is 2.84. The summed E-state index contributed by atoms with van der Waals surface area (Å²) >= 11 is 0. The number of carbonyl (C=O) groups excluding carboxylic acids is 1. The van der Waals surface area contributed by atoms with Crippen LogP contribution >= 0.6 is 0 Å². The van der Waals surface area contributed by atoms with Crippen LogP contribution in [0.3, 0.4) is 0 Å². The summed E-state index contributed by atoms with van der Waals surface area (Å²) in [7, 11) is 4.51. The summed E-state index contributed by atoms with van der Waals surface area (Å²) in [6.45, 7) is 2.18. The van der Waals surface area contributed by atoms with Gasteiger partial charge in [-0.15, -0.1) is 0 Å². The molecular formula is C16H24N2O3. The van der Waals surface area contributed by atoms with Crippen molar-refractivity contribution in [2.24, 2.45) is 0 Å². The Hall–Kier alpha value is -1.59. The Morgan fingerprint density at radius 2 is 1.67 bits per heavy atom. The van der Waals surface area contributed by atoms with Crippen molar-refractivity contribution in [3.05, 3.63) is 29.8 Å². The van der Waals surface area contributed by atoms with Crippen LogP contribution in [0.5, 0.6) is 0 Å². The molecule has 1 heterocycles. The van der Waals surface area contributed by atoms with E-state index >= 15 is 0 Å². The second kappa shape index (κ2) is 6.91. The number of ether oxygens (including phenoxy) is 2. The average molecular weight is 292 g/mol. The Balaban J connectivity index is 2.25. The average Bonchev–Trinajstić information content (AvgIpc) is 2.57. The fourth-order valence-corrected chi connectivity index (χ4v) is 2.84. The number of nitrogens with zero attached hydrogens (tertiary/aromatic N) is 1. The van der Waals surface area contributed by atoms with E-state index in [0.29, 0.717) is 5.56 Å². The molecule has 21 heavy (non-hydrogen) atoms. The number of amides is 1. The number of hydrogen-bond acceptors (Lipinski definition) is 4. The van der Waals surface area contributed by atoms with Gasteiger partial charge in [0.1, 0.15) is 0 Å². The standard InChI is InChI=1S/C16H24N2O3/c1-17-15(19)16(20-2,21-3)13-7-9-14(10-8-13)18-11-5-4-6-12-18/h7-10H,4-6,11-12H2,1-3H3,(H,17,19). The molecule has 0 aliphatic carbocycles. The minimum atomic E-state index is -1.39. The van der Waals surface area contributed by atoms with Crippen molar-refractivity contribution in [3.63, 3.8) is 0 Å². The topological polar surface area (TPSA) is 50.8 Å². The highest BCUT2D eigenvalue weighted by Gasteiger charge is 2.40. The molecule has 2 rings (SSSR count). The summed E-state index contributed by atoms with van der Waals surface area (Å²) < 4.78 is 10.7. The van der Waals surface area contributed by atoms with Crippen molar-refractivity contribution in [1.82, 2.24) is 5.32 Å². The zero-order valence-corrected chi connectivity index (χ0v) is 13.0. The highest BCUT2D eigenvalue weighted by molar-refractivity contribution is 5.85. The van der Waals surface area contributed by atoms with Gasteiger partial charge in [0.25, 0.3) is 11.7 Å². The summed E-state index contributed by atoms with van der Waals surface area (Å²) in [5.74, 6) is -1.71. The summed E-state index contributed by atoms with van der Waals surface area (Å²) in [5.41, 5.74) is 1.86. The Morgan fingerprint density at radius 3 is 2.14 bits per heavy atom. The number of anilines is 1.